The van der Waals surface area contributed by atoms with Crippen LogP contribution in [0.3, 0.4) is 0 Å². The molecule has 1 unspecified atom stereocenters. The summed E-state index contributed by atoms with van der Waals surface area (Å²) in [5.74, 6) is 0. The van der Waals surface area contributed by atoms with E-state index in [1.807, 2.05) is 32.9 Å². The highest BCUT2D eigenvalue weighted by molar-refractivity contribution is 7.19. The van der Waals surface area contributed by atoms with Gasteiger partial charge in [-0.25, -0.2) is 4.79 Å². The highest BCUT2D eigenvalue weighted by atomic mass is 32.1. The van der Waals surface area contributed by atoms with Gasteiger partial charge in [0.25, 0.3) is 0 Å². The van der Waals surface area contributed by atoms with Crippen LogP contribution < -0.4 is 11.1 Å². The van der Waals surface area contributed by atoms with E-state index in [0.29, 0.717) is 13.1 Å². The normalized spacial score (nSPS) is 14.6. The molecule has 0 aliphatic carbocycles. The van der Waals surface area contributed by atoms with Crippen molar-refractivity contribution in [2.45, 2.75) is 38.7 Å². The Labute approximate surface area is 135 Å². The molecule has 2 rings (SSSR count). The van der Waals surface area contributed by atoms with Crippen molar-refractivity contribution in [3.63, 3.8) is 0 Å². The van der Waals surface area contributed by atoms with Crippen molar-refractivity contribution in [3.05, 3.63) is 35.2 Å². The second-order valence-corrected chi connectivity index (χ2v) is 7.85. The molecule has 4 nitrogen and oxygen atoms in total. The van der Waals surface area contributed by atoms with Crippen molar-refractivity contribution in [2.75, 3.05) is 13.1 Å². The fraction of sp³-hybridized carbons (Fsp3) is 0.471. The molecule has 0 fully saturated rings. The first kappa shape index (κ1) is 16.8. The minimum absolute atomic E-state index is 0.305. The molecule has 0 saturated carbocycles. The minimum atomic E-state index is -0.499. The van der Waals surface area contributed by atoms with E-state index in [1.165, 1.54) is 15.0 Å². The summed E-state index contributed by atoms with van der Waals surface area (Å²) in [5, 5.41) is 4.05. The number of fused-ring (bicyclic) bond motifs is 1. The molecule has 0 aliphatic rings. The molecule has 1 aromatic carbocycles. The summed E-state index contributed by atoms with van der Waals surface area (Å²) in [7, 11) is 0. The summed E-state index contributed by atoms with van der Waals surface area (Å²) in [6.07, 6.45) is -0.409. The number of hydrogen-bond donors (Lipinski definition) is 2. The summed E-state index contributed by atoms with van der Waals surface area (Å²) in [5.41, 5.74) is 5.18. The molecule has 1 amide bonds. The predicted molar refractivity (Wildman–Crippen MR) is 92.5 cm³/mol. The third-order valence-corrected chi connectivity index (χ3v) is 4.91. The second kappa shape index (κ2) is 6.26. The van der Waals surface area contributed by atoms with Crippen molar-refractivity contribution in [2.24, 2.45) is 5.73 Å². The molecule has 5 heteroatoms. The standard InChI is InChI=1S/C17H24N2O2S/c1-16(2,3)21-15(20)19-11-17(4,10-18)14-9-12-7-5-6-8-13(12)22-14/h5-9H,10-11,18H2,1-4H3,(H,19,20). The number of nitrogens with one attached hydrogen (secondary N) is 1. The lowest BCUT2D eigenvalue weighted by molar-refractivity contribution is 0.0517. The Kier molecular flexibility index (Phi) is 4.78. The summed E-state index contributed by atoms with van der Waals surface area (Å²) in [6, 6.07) is 10.4. The highest BCUT2D eigenvalue weighted by Gasteiger charge is 2.29. The van der Waals surface area contributed by atoms with Crippen LogP contribution in [0.2, 0.25) is 0 Å². The quantitative estimate of drug-likeness (QED) is 0.904. The Morgan fingerprint density at radius 3 is 2.55 bits per heavy atom. The van der Waals surface area contributed by atoms with Gasteiger partial charge in [-0.15, -0.1) is 11.3 Å². The van der Waals surface area contributed by atoms with Crippen LogP contribution in [-0.4, -0.2) is 24.8 Å². The fourth-order valence-electron chi connectivity index (χ4n) is 2.12. The minimum Gasteiger partial charge on any atom is -0.444 e. The number of thiophene rings is 1. The monoisotopic (exact) mass is 320 g/mol. The van der Waals surface area contributed by atoms with Gasteiger partial charge in [0.15, 0.2) is 0 Å². The van der Waals surface area contributed by atoms with Gasteiger partial charge in [-0.3, -0.25) is 0 Å². The molecule has 1 aromatic heterocycles. The van der Waals surface area contributed by atoms with Crippen LogP contribution in [0, 0.1) is 0 Å². The number of amides is 1. The van der Waals surface area contributed by atoms with E-state index in [-0.39, 0.29) is 5.41 Å². The maximum atomic E-state index is 11.9. The number of rotatable bonds is 4. The zero-order valence-electron chi connectivity index (χ0n) is 13.6. The first-order valence-corrected chi connectivity index (χ1v) is 8.21. The van der Waals surface area contributed by atoms with Crippen molar-refractivity contribution in [3.8, 4) is 0 Å². The first-order chi connectivity index (χ1) is 10.2. The molecule has 0 bridgehead atoms. The molecular weight excluding hydrogens is 296 g/mol. The second-order valence-electron chi connectivity index (χ2n) is 6.77. The number of ether oxygens (including phenoxy) is 1. The lowest BCUT2D eigenvalue weighted by atomic mass is 9.88. The average molecular weight is 320 g/mol. The van der Waals surface area contributed by atoms with Crippen LogP contribution in [0.15, 0.2) is 30.3 Å². The van der Waals surface area contributed by atoms with Gasteiger partial charge < -0.3 is 15.8 Å². The first-order valence-electron chi connectivity index (χ1n) is 7.39. The number of hydrogen-bond acceptors (Lipinski definition) is 4. The van der Waals surface area contributed by atoms with Gasteiger partial charge >= 0.3 is 6.09 Å². The molecule has 1 heterocycles. The van der Waals surface area contributed by atoms with Gasteiger partial charge in [-0.05, 0) is 38.3 Å². The van der Waals surface area contributed by atoms with Gasteiger partial charge in [0.05, 0.1) is 0 Å². The molecule has 1 atom stereocenters. The summed E-state index contributed by atoms with van der Waals surface area (Å²) in [4.78, 5) is 13.0. The Morgan fingerprint density at radius 2 is 1.95 bits per heavy atom. The van der Waals surface area contributed by atoms with Gasteiger partial charge in [0.1, 0.15) is 5.60 Å². The van der Waals surface area contributed by atoms with E-state index in [2.05, 4.69) is 30.4 Å². The molecule has 22 heavy (non-hydrogen) atoms. The van der Waals surface area contributed by atoms with E-state index in [4.69, 9.17) is 10.5 Å². The highest BCUT2D eigenvalue weighted by Crippen LogP contribution is 2.33. The van der Waals surface area contributed by atoms with Gasteiger partial charge in [-0.1, -0.05) is 25.1 Å². The number of carbonyl (C=O) groups is 1. The Morgan fingerprint density at radius 1 is 1.27 bits per heavy atom. The third-order valence-electron chi connectivity index (χ3n) is 3.49. The molecule has 2 aromatic rings. The van der Waals surface area contributed by atoms with E-state index < -0.39 is 11.7 Å². The molecular formula is C17H24N2O2S. The van der Waals surface area contributed by atoms with E-state index >= 15 is 0 Å². The number of benzene rings is 1. The van der Waals surface area contributed by atoms with Crippen LogP contribution in [-0.2, 0) is 10.2 Å². The lowest BCUT2D eigenvalue weighted by Gasteiger charge is -2.28. The maximum absolute atomic E-state index is 11.9. The van der Waals surface area contributed by atoms with Crippen molar-refractivity contribution in [1.29, 1.82) is 0 Å². The van der Waals surface area contributed by atoms with Gasteiger partial charge in [0.2, 0.25) is 0 Å². The Hall–Kier alpha value is -1.59. The Balaban J connectivity index is 2.12. The SMILES string of the molecule is CC(C)(C)OC(=O)NCC(C)(CN)c1cc2ccccc2s1. The van der Waals surface area contributed by atoms with Crippen LogP contribution in [0.1, 0.15) is 32.6 Å². The van der Waals surface area contributed by atoms with Crippen molar-refractivity contribution in [1.82, 2.24) is 5.32 Å². The van der Waals surface area contributed by atoms with Crippen LogP contribution >= 0.6 is 11.3 Å². The van der Waals surface area contributed by atoms with Crippen molar-refractivity contribution < 1.29 is 9.53 Å². The fourth-order valence-corrected chi connectivity index (χ4v) is 3.34. The molecule has 0 saturated heterocycles. The zero-order valence-corrected chi connectivity index (χ0v) is 14.4. The summed E-state index contributed by atoms with van der Waals surface area (Å²) < 4.78 is 6.52. The van der Waals surface area contributed by atoms with E-state index in [1.54, 1.807) is 11.3 Å². The van der Waals surface area contributed by atoms with E-state index in [9.17, 15) is 4.79 Å². The average Bonchev–Trinajstić information content (AvgIpc) is 2.87. The lowest BCUT2D eigenvalue weighted by Crippen LogP contribution is -2.44. The Bertz CT molecular complexity index is 627. The van der Waals surface area contributed by atoms with Crippen LogP contribution in [0.4, 0.5) is 4.79 Å². The topological polar surface area (TPSA) is 64.3 Å². The van der Waals surface area contributed by atoms with Crippen molar-refractivity contribution >= 4 is 27.5 Å². The number of alkyl carbamates (subject to hydrolysis) is 1. The summed E-state index contributed by atoms with van der Waals surface area (Å²) >= 11 is 1.72. The smallest absolute Gasteiger partial charge is 0.407 e. The molecule has 0 spiro atoms. The number of carbonyl (C=O) groups excluding carboxylic acids is 1. The van der Waals surface area contributed by atoms with Gasteiger partial charge in [-0.2, -0.15) is 0 Å². The predicted octanol–water partition coefficient (Wildman–Crippen LogP) is 3.64. The van der Waals surface area contributed by atoms with Crippen LogP contribution in [0.25, 0.3) is 10.1 Å². The van der Waals surface area contributed by atoms with Gasteiger partial charge in [0, 0.05) is 28.1 Å². The third kappa shape index (κ3) is 3.99. The summed E-state index contributed by atoms with van der Waals surface area (Å²) in [6.45, 7) is 8.51. The van der Waals surface area contributed by atoms with E-state index in [0.717, 1.165) is 0 Å². The molecule has 0 radical (unpaired) electrons. The molecule has 3 N–H and O–H groups in total. The molecule has 120 valence electrons. The maximum Gasteiger partial charge on any atom is 0.407 e. The molecule has 0 aliphatic heterocycles. The largest absolute Gasteiger partial charge is 0.444 e. The zero-order chi connectivity index (χ0) is 16.4. The number of nitrogens with two attached hydrogens (primary N) is 1. The van der Waals surface area contributed by atoms with Crippen LogP contribution in [0.5, 0.6) is 0 Å².